The molecule has 0 bridgehead atoms. The molecule has 0 atom stereocenters. The fourth-order valence-electron chi connectivity index (χ4n) is 2.73. The molecule has 0 aliphatic carbocycles. The number of unbranched alkanes of at least 4 members (excludes halogenated alkanes) is 2. The normalized spacial score (nSPS) is 10.5. The number of para-hydroxylation sites is 1. The van der Waals surface area contributed by atoms with Crippen LogP contribution in [-0.2, 0) is 22.4 Å². The van der Waals surface area contributed by atoms with E-state index in [9.17, 15) is 9.59 Å². The number of hydrogen-bond donors (Lipinski definition) is 1. The molecule has 2 rings (SSSR count). The van der Waals surface area contributed by atoms with E-state index in [-0.39, 0.29) is 11.6 Å². The van der Waals surface area contributed by atoms with Gasteiger partial charge in [-0.1, -0.05) is 55.0 Å². The fraction of sp³-hybridized carbons (Fsp3) is 0.333. The van der Waals surface area contributed by atoms with Crippen LogP contribution >= 0.6 is 0 Å². The van der Waals surface area contributed by atoms with Gasteiger partial charge in [0.1, 0.15) is 11.6 Å². The first-order valence-electron chi connectivity index (χ1n) is 8.56. The number of nitrogens with two attached hydrogens (primary N) is 1. The second kappa shape index (κ2) is 9.66. The zero-order chi connectivity index (χ0) is 17.2. The quantitative estimate of drug-likeness (QED) is 0.528. The Balaban J connectivity index is 1.58. The minimum Gasteiger partial charge on any atom is -0.398 e. The molecule has 0 amide bonds. The van der Waals surface area contributed by atoms with Crippen molar-refractivity contribution in [1.82, 2.24) is 0 Å². The van der Waals surface area contributed by atoms with E-state index < -0.39 is 0 Å². The lowest BCUT2D eigenvalue weighted by Gasteiger charge is -2.05. The number of anilines is 1. The van der Waals surface area contributed by atoms with Crippen molar-refractivity contribution < 1.29 is 9.59 Å². The molecule has 0 saturated heterocycles. The Labute approximate surface area is 143 Å². The highest BCUT2D eigenvalue weighted by atomic mass is 16.1. The average molecular weight is 323 g/mol. The molecule has 0 aliphatic heterocycles. The predicted octanol–water partition coefficient (Wildman–Crippen LogP) is 4.14. The second-order valence-corrected chi connectivity index (χ2v) is 6.18. The van der Waals surface area contributed by atoms with Crippen LogP contribution in [0.3, 0.4) is 0 Å². The molecule has 24 heavy (non-hydrogen) atoms. The van der Waals surface area contributed by atoms with Crippen molar-refractivity contribution in [1.29, 1.82) is 0 Å². The minimum absolute atomic E-state index is 0.212. The van der Waals surface area contributed by atoms with Gasteiger partial charge in [-0.15, -0.1) is 0 Å². The Kier molecular flexibility index (Phi) is 7.21. The fourth-order valence-corrected chi connectivity index (χ4v) is 2.73. The Morgan fingerprint density at radius 2 is 1.29 bits per heavy atom. The third kappa shape index (κ3) is 6.37. The van der Waals surface area contributed by atoms with Gasteiger partial charge in [0, 0.05) is 31.4 Å². The summed E-state index contributed by atoms with van der Waals surface area (Å²) in [5.41, 5.74) is 8.50. The van der Waals surface area contributed by atoms with E-state index in [2.05, 4.69) is 0 Å². The van der Waals surface area contributed by atoms with Gasteiger partial charge in [0.25, 0.3) is 0 Å². The zero-order valence-corrected chi connectivity index (χ0v) is 14.0. The molecule has 3 nitrogen and oxygen atoms in total. The van der Waals surface area contributed by atoms with Gasteiger partial charge < -0.3 is 5.73 Å². The lowest BCUT2D eigenvalue weighted by molar-refractivity contribution is -0.118. The van der Waals surface area contributed by atoms with E-state index in [1.54, 1.807) is 0 Å². The van der Waals surface area contributed by atoms with Gasteiger partial charge in [0.05, 0.1) is 0 Å². The number of hydrogen-bond acceptors (Lipinski definition) is 3. The molecular weight excluding hydrogens is 298 g/mol. The van der Waals surface area contributed by atoms with Crippen LogP contribution in [0, 0.1) is 0 Å². The molecule has 0 aliphatic rings. The maximum absolute atomic E-state index is 12.0. The number of ketones is 2. The highest BCUT2D eigenvalue weighted by Gasteiger charge is 2.07. The minimum atomic E-state index is 0.212. The van der Waals surface area contributed by atoms with Crippen LogP contribution in [0.25, 0.3) is 0 Å². The number of Topliss-reactive ketones (excluding diaryl/α,β-unsaturated/α-hetero) is 2. The Bertz CT molecular complexity index is 665. The summed E-state index contributed by atoms with van der Waals surface area (Å²) in [6.45, 7) is 0. The van der Waals surface area contributed by atoms with Gasteiger partial charge in [-0.3, -0.25) is 9.59 Å². The van der Waals surface area contributed by atoms with Crippen molar-refractivity contribution in [3.05, 3.63) is 65.7 Å². The van der Waals surface area contributed by atoms with Crippen molar-refractivity contribution >= 4 is 17.3 Å². The SMILES string of the molecule is Nc1ccccc1CC(=O)CCCCCC(=O)Cc1ccccc1. The molecule has 3 heteroatoms. The number of rotatable bonds is 10. The van der Waals surface area contributed by atoms with Gasteiger partial charge in [-0.25, -0.2) is 0 Å². The predicted molar refractivity (Wildman–Crippen MR) is 97.8 cm³/mol. The molecule has 0 saturated carbocycles. The van der Waals surface area contributed by atoms with Gasteiger partial charge in [-0.05, 0) is 30.0 Å². The largest absolute Gasteiger partial charge is 0.398 e. The van der Waals surface area contributed by atoms with Gasteiger partial charge in [0.15, 0.2) is 0 Å². The molecular formula is C21H25NO2. The molecule has 0 aromatic heterocycles. The highest BCUT2D eigenvalue weighted by Crippen LogP contribution is 2.14. The van der Waals surface area contributed by atoms with Gasteiger partial charge in [0.2, 0.25) is 0 Å². The van der Waals surface area contributed by atoms with Crippen molar-refractivity contribution in [3.63, 3.8) is 0 Å². The van der Waals surface area contributed by atoms with Gasteiger partial charge in [-0.2, -0.15) is 0 Å². The Hall–Kier alpha value is -2.42. The standard InChI is InChI=1S/C21H25NO2/c22-21-14-8-7-11-18(21)16-20(24)13-6-2-5-12-19(23)15-17-9-3-1-4-10-17/h1,3-4,7-11,14H,2,5-6,12-13,15-16,22H2. The van der Waals surface area contributed by atoms with Crippen LogP contribution < -0.4 is 5.73 Å². The number of nitrogen functional groups attached to an aromatic ring is 1. The average Bonchev–Trinajstić information content (AvgIpc) is 2.57. The second-order valence-electron chi connectivity index (χ2n) is 6.18. The van der Waals surface area contributed by atoms with E-state index in [0.29, 0.717) is 31.4 Å². The molecule has 2 aromatic carbocycles. The lowest BCUT2D eigenvalue weighted by atomic mass is 10.0. The van der Waals surface area contributed by atoms with E-state index >= 15 is 0 Å². The van der Waals surface area contributed by atoms with Crippen LogP contribution in [0.15, 0.2) is 54.6 Å². The summed E-state index contributed by atoms with van der Waals surface area (Å²) in [6.07, 6.45) is 4.66. The van der Waals surface area contributed by atoms with Crippen LogP contribution in [0.1, 0.15) is 43.2 Å². The third-order valence-electron chi connectivity index (χ3n) is 4.10. The maximum Gasteiger partial charge on any atom is 0.137 e. The van der Waals surface area contributed by atoms with E-state index in [1.165, 1.54) is 0 Å². The van der Waals surface area contributed by atoms with Crippen LogP contribution in [0.5, 0.6) is 0 Å². The van der Waals surface area contributed by atoms with E-state index in [1.807, 2.05) is 54.6 Å². The van der Waals surface area contributed by atoms with Crippen molar-refractivity contribution in [3.8, 4) is 0 Å². The number of carbonyl (C=O) groups is 2. The zero-order valence-electron chi connectivity index (χ0n) is 14.0. The summed E-state index contributed by atoms with van der Waals surface area (Å²) in [4.78, 5) is 23.9. The third-order valence-corrected chi connectivity index (χ3v) is 4.10. The topological polar surface area (TPSA) is 60.2 Å². The maximum atomic E-state index is 12.0. The molecule has 0 spiro atoms. The highest BCUT2D eigenvalue weighted by molar-refractivity contribution is 5.82. The molecule has 0 heterocycles. The number of benzene rings is 2. The molecule has 0 unspecified atom stereocenters. The number of carbonyl (C=O) groups excluding carboxylic acids is 2. The summed E-state index contributed by atoms with van der Waals surface area (Å²) >= 11 is 0. The van der Waals surface area contributed by atoms with Crippen LogP contribution in [0.4, 0.5) is 5.69 Å². The van der Waals surface area contributed by atoms with Crippen molar-refractivity contribution in [2.45, 2.75) is 44.9 Å². The van der Waals surface area contributed by atoms with Gasteiger partial charge >= 0.3 is 0 Å². The van der Waals surface area contributed by atoms with Crippen LogP contribution in [-0.4, -0.2) is 11.6 Å². The lowest BCUT2D eigenvalue weighted by Crippen LogP contribution is -2.05. The molecule has 2 aromatic rings. The molecule has 0 fully saturated rings. The summed E-state index contributed by atoms with van der Waals surface area (Å²) in [5.74, 6) is 0.480. The first-order chi connectivity index (χ1) is 11.6. The summed E-state index contributed by atoms with van der Waals surface area (Å²) in [6, 6.07) is 17.3. The van der Waals surface area contributed by atoms with Crippen molar-refractivity contribution in [2.75, 3.05) is 5.73 Å². The monoisotopic (exact) mass is 323 g/mol. The Morgan fingerprint density at radius 1 is 0.708 bits per heavy atom. The summed E-state index contributed by atoms with van der Waals surface area (Å²) < 4.78 is 0. The molecule has 2 N–H and O–H groups in total. The first kappa shape index (κ1) is 17.9. The van der Waals surface area contributed by atoms with Crippen LogP contribution in [0.2, 0.25) is 0 Å². The first-order valence-corrected chi connectivity index (χ1v) is 8.56. The van der Waals surface area contributed by atoms with E-state index in [4.69, 9.17) is 5.73 Å². The Morgan fingerprint density at radius 3 is 1.96 bits per heavy atom. The summed E-state index contributed by atoms with van der Waals surface area (Å²) in [7, 11) is 0. The smallest absolute Gasteiger partial charge is 0.137 e. The molecule has 0 radical (unpaired) electrons. The van der Waals surface area contributed by atoms with E-state index in [0.717, 1.165) is 30.4 Å². The molecule has 126 valence electrons. The summed E-state index contributed by atoms with van der Waals surface area (Å²) in [5, 5.41) is 0. The van der Waals surface area contributed by atoms with Crippen molar-refractivity contribution in [2.24, 2.45) is 0 Å².